The van der Waals surface area contributed by atoms with E-state index in [0.29, 0.717) is 11.0 Å². The second kappa shape index (κ2) is 6.02. The van der Waals surface area contributed by atoms with Gasteiger partial charge in [-0.25, -0.2) is 9.97 Å². The summed E-state index contributed by atoms with van der Waals surface area (Å²) in [5.41, 5.74) is 3.67. The second-order valence-corrected chi connectivity index (χ2v) is 6.71. The zero-order chi connectivity index (χ0) is 16.7. The van der Waals surface area contributed by atoms with Crippen LogP contribution in [-0.2, 0) is 0 Å². The number of hydrogen-bond acceptors (Lipinski definition) is 5. The number of fused-ring (bicyclic) bond motifs is 1. The van der Waals surface area contributed by atoms with Gasteiger partial charge in [0.25, 0.3) is 0 Å². The number of anilines is 1. The minimum absolute atomic E-state index is 0.133. The van der Waals surface area contributed by atoms with Gasteiger partial charge in [0.2, 0.25) is 5.95 Å². The normalized spacial score (nSPS) is 18.3. The number of aromatic nitrogens is 5. The molecule has 6 nitrogen and oxygen atoms in total. The Morgan fingerprint density at radius 2 is 2.00 bits per heavy atom. The lowest BCUT2D eigenvalue weighted by Gasteiger charge is -2.34. The van der Waals surface area contributed by atoms with Crippen LogP contribution in [0.1, 0.15) is 42.5 Å². The molecule has 1 aliphatic rings. The fourth-order valence-electron chi connectivity index (χ4n) is 3.18. The van der Waals surface area contributed by atoms with Crippen molar-refractivity contribution in [1.82, 2.24) is 25.1 Å². The Hall–Kier alpha value is -2.21. The molecular weight excluding hydrogens is 324 g/mol. The Labute approximate surface area is 145 Å². The van der Waals surface area contributed by atoms with Crippen molar-refractivity contribution in [2.75, 3.05) is 11.4 Å². The van der Waals surface area contributed by atoms with Crippen LogP contribution in [0.15, 0.2) is 18.2 Å². The van der Waals surface area contributed by atoms with Crippen LogP contribution < -0.4 is 4.90 Å². The summed E-state index contributed by atoms with van der Waals surface area (Å²) >= 11 is 6.08. The molecule has 124 valence electrons. The van der Waals surface area contributed by atoms with Crippen molar-refractivity contribution < 1.29 is 0 Å². The number of aromatic amines is 1. The Morgan fingerprint density at radius 3 is 2.83 bits per heavy atom. The third kappa shape index (κ3) is 2.71. The van der Waals surface area contributed by atoms with E-state index < -0.39 is 0 Å². The van der Waals surface area contributed by atoms with Crippen molar-refractivity contribution in [3.05, 3.63) is 40.4 Å². The molecule has 1 aromatic carbocycles. The smallest absolute Gasteiger partial charge is 0.246 e. The number of benzene rings is 1. The maximum Gasteiger partial charge on any atom is 0.246 e. The molecule has 1 saturated heterocycles. The molecule has 0 amide bonds. The van der Waals surface area contributed by atoms with Crippen molar-refractivity contribution in [2.45, 2.75) is 39.2 Å². The number of nitrogens with zero attached hydrogens (tertiary/aromatic N) is 5. The lowest BCUT2D eigenvalue weighted by atomic mass is 10.0. The predicted molar refractivity (Wildman–Crippen MR) is 94.3 cm³/mol. The van der Waals surface area contributed by atoms with Crippen LogP contribution >= 0.6 is 11.6 Å². The van der Waals surface area contributed by atoms with Crippen LogP contribution in [0.4, 0.5) is 5.95 Å². The van der Waals surface area contributed by atoms with E-state index in [1.807, 2.05) is 32.0 Å². The van der Waals surface area contributed by atoms with Gasteiger partial charge in [-0.15, -0.1) is 5.10 Å². The number of nitrogens with one attached hydrogen (secondary N) is 1. The predicted octanol–water partition coefficient (Wildman–Crippen LogP) is 3.75. The monoisotopic (exact) mass is 342 g/mol. The highest BCUT2D eigenvalue weighted by Gasteiger charge is 2.29. The largest absolute Gasteiger partial charge is 0.340 e. The minimum Gasteiger partial charge on any atom is -0.340 e. The lowest BCUT2D eigenvalue weighted by Crippen LogP contribution is -2.35. The summed E-state index contributed by atoms with van der Waals surface area (Å²) in [6.45, 7) is 4.80. The highest BCUT2D eigenvalue weighted by molar-refractivity contribution is 6.31. The van der Waals surface area contributed by atoms with Gasteiger partial charge < -0.3 is 9.88 Å². The highest BCUT2D eigenvalue weighted by Crippen LogP contribution is 2.33. The number of H-pyrrole nitrogens is 1. The molecule has 0 saturated carbocycles. The minimum atomic E-state index is 0.133. The summed E-state index contributed by atoms with van der Waals surface area (Å²) in [6.07, 6.45) is 3.31. The molecule has 1 unspecified atom stereocenters. The summed E-state index contributed by atoms with van der Waals surface area (Å²) in [4.78, 5) is 15.0. The van der Waals surface area contributed by atoms with Crippen LogP contribution in [0.25, 0.3) is 11.0 Å². The van der Waals surface area contributed by atoms with Crippen molar-refractivity contribution in [3.63, 3.8) is 0 Å². The number of aryl methyl sites for hydroxylation is 2. The number of imidazole rings is 1. The molecule has 2 aromatic heterocycles. The van der Waals surface area contributed by atoms with Gasteiger partial charge in [-0.1, -0.05) is 11.6 Å². The van der Waals surface area contributed by atoms with Gasteiger partial charge in [0, 0.05) is 11.6 Å². The molecule has 0 radical (unpaired) electrons. The van der Waals surface area contributed by atoms with E-state index in [9.17, 15) is 0 Å². The van der Waals surface area contributed by atoms with Gasteiger partial charge in [-0.3, -0.25) is 0 Å². The van der Waals surface area contributed by atoms with Crippen molar-refractivity contribution in [3.8, 4) is 0 Å². The van der Waals surface area contributed by atoms with E-state index in [4.69, 9.17) is 16.6 Å². The van der Waals surface area contributed by atoms with Crippen LogP contribution in [0.3, 0.4) is 0 Å². The van der Waals surface area contributed by atoms with Gasteiger partial charge in [0.05, 0.1) is 28.5 Å². The number of rotatable bonds is 2. The molecule has 4 rings (SSSR count). The molecule has 1 fully saturated rings. The summed E-state index contributed by atoms with van der Waals surface area (Å²) in [5, 5.41) is 9.25. The summed E-state index contributed by atoms with van der Waals surface area (Å²) in [7, 11) is 0. The standard InChI is InChI=1S/C17H19ClN6/c1-10-11(2)22-23-17(19-10)24-8-4-3-5-15(24)16-20-13-7-6-12(18)9-14(13)21-16/h6-7,9,15H,3-5,8H2,1-2H3,(H,20,21). The first-order chi connectivity index (χ1) is 11.6. The molecular formula is C17H19ClN6. The van der Waals surface area contributed by atoms with E-state index in [1.165, 1.54) is 0 Å². The second-order valence-electron chi connectivity index (χ2n) is 6.27. The van der Waals surface area contributed by atoms with Gasteiger partial charge >= 0.3 is 0 Å². The molecule has 1 N–H and O–H groups in total. The topological polar surface area (TPSA) is 70.6 Å². The maximum atomic E-state index is 6.08. The first kappa shape index (κ1) is 15.3. The SMILES string of the molecule is Cc1nnc(N2CCCCC2c2nc3ccc(Cl)cc3[nH]2)nc1C. The summed E-state index contributed by atoms with van der Waals surface area (Å²) in [6, 6.07) is 5.85. The van der Waals surface area contributed by atoms with E-state index in [-0.39, 0.29) is 6.04 Å². The highest BCUT2D eigenvalue weighted by atomic mass is 35.5. The number of piperidine rings is 1. The third-order valence-electron chi connectivity index (χ3n) is 4.62. The average molecular weight is 343 g/mol. The first-order valence-electron chi connectivity index (χ1n) is 8.21. The maximum absolute atomic E-state index is 6.08. The van der Waals surface area contributed by atoms with Crippen molar-refractivity contribution in [2.24, 2.45) is 0 Å². The number of hydrogen-bond donors (Lipinski definition) is 1. The molecule has 0 aliphatic carbocycles. The fraction of sp³-hybridized carbons (Fsp3) is 0.412. The van der Waals surface area contributed by atoms with Crippen LogP contribution in [0.2, 0.25) is 5.02 Å². The van der Waals surface area contributed by atoms with Gasteiger partial charge in [0.15, 0.2) is 0 Å². The quantitative estimate of drug-likeness (QED) is 0.768. The number of halogens is 1. The van der Waals surface area contributed by atoms with E-state index in [1.54, 1.807) is 0 Å². The van der Waals surface area contributed by atoms with Crippen LogP contribution in [0, 0.1) is 13.8 Å². The fourth-order valence-corrected chi connectivity index (χ4v) is 3.35. The van der Waals surface area contributed by atoms with Gasteiger partial charge in [-0.2, -0.15) is 5.10 Å². The van der Waals surface area contributed by atoms with Gasteiger partial charge in [-0.05, 0) is 51.3 Å². The van der Waals surface area contributed by atoms with Crippen LogP contribution in [0.5, 0.6) is 0 Å². The summed E-state index contributed by atoms with van der Waals surface area (Å²) in [5.74, 6) is 1.62. The first-order valence-corrected chi connectivity index (χ1v) is 8.59. The Bertz CT molecular complexity index is 890. The van der Waals surface area contributed by atoms with E-state index in [0.717, 1.165) is 54.1 Å². The zero-order valence-corrected chi connectivity index (χ0v) is 14.5. The molecule has 3 heterocycles. The van der Waals surface area contributed by atoms with E-state index in [2.05, 4.69) is 25.1 Å². The molecule has 7 heteroatoms. The molecule has 1 aliphatic heterocycles. The van der Waals surface area contributed by atoms with Gasteiger partial charge in [0.1, 0.15) is 5.82 Å². The Morgan fingerprint density at radius 1 is 1.12 bits per heavy atom. The summed E-state index contributed by atoms with van der Waals surface area (Å²) < 4.78 is 0. The molecule has 1 atom stereocenters. The average Bonchev–Trinajstić information content (AvgIpc) is 3.00. The lowest BCUT2D eigenvalue weighted by molar-refractivity contribution is 0.450. The van der Waals surface area contributed by atoms with Crippen LogP contribution in [-0.4, -0.2) is 31.7 Å². The molecule has 0 spiro atoms. The van der Waals surface area contributed by atoms with Crippen molar-refractivity contribution in [1.29, 1.82) is 0 Å². The van der Waals surface area contributed by atoms with E-state index >= 15 is 0 Å². The van der Waals surface area contributed by atoms with Crippen molar-refractivity contribution >= 4 is 28.6 Å². The molecule has 24 heavy (non-hydrogen) atoms. The molecule has 3 aromatic rings. The molecule has 0 bridgehead atoms. The Balaban J connectivity index is 1.73. The third-order valence-corrected chi connectivity index (χ3v) is 4.85. The Kier molecular flexibility index (Phi) is 3.84. The zero-order valence-electron chi connectivity index (χ0n) is 13.8.